The average Bonchev–Trinajstić information content (AvgIpc) is 2.52. The van der Waals surface area contributed by atoms with Crippen molar-refractivity contribution in [1.82, 2.24) is 15.2 Å². The number of halogens is 2. The molecule has 0 aliphatic carbocycles. The molecule has 3 nitrogen and oxygen atoms in total. The highest BCUT2D eigenvalue weighted by molar-refractivity contribution is 6.31. The second-order valence-electron chi connectivity index (χ2n) is 5.56. The van der Waals surface area contributed by atoms with Gasteiger partial charge in [0.15, 0.2) is 0 Å². The molecule has 1 saturated heterocycles. The van der Waals surface area contributed by atoms with Gasteiger partial charge in [-0.25, -0.2) is 0 Å². The van der Waals surface area contributed by atoms with Gasteiger partial charge in [0, 0.05) is 49.6 Å². The number of nitrogens with zero attached hydrogens (tertiary/aromatic N) is 2. The number of hydrogen-bond donors (Lipinski definition) is 1. The molecule has 0 spiro atoms. The van der Waals surface area contributed by atoms with Crippen molar-refractivity contribution in [3.8, 4) is 0 Å². The molecule has 3 rings (SSSR count). The first kappa shape index (κ1) is 17.2. The molecule has 1 aromatic carbocycles. The highest BCUT2D eigenvalue weighted by Gasteiger charge is 2.23. The third kappa shape index (κ3) is 3.99. The van der Waals surface area contributed by atoms with Crippen LogP contribution >= 0.6 is 24.0 Å². The third-order valence-corrected chi connectivity index (χ3v) is 4.46. The summed E-state index contributed by atoms with van der Waals surface area (Å²) >= 11 is 6.12. The van der Waals surface area contributed by atoms with Crippen LogP contribution in [0.5, 0.6) is 0 Å². The lowest BCUT2D eigenvalue weighted by molar-refractivity contribution is 0.153. The smallest absolute Gasteiger partial charge is 0.0491 e. The van der Waals surface area contributed by atoms with E-state index in [2.05, 4.69) is 40.3 Å². The number of nitrogens with one attached hydrogen (secondary N) is 1. The van der Waals surface area contributed by atoms with Crippen molar-refractivity contribution in [3.63, 3.8) is 0 Å². The molecule has 2 heterocycles. The van der Waals surface area contributed by atoms with Crippen LogP contribution in [-0.4, -0.2) is 29.5 Å². The van der Waals surface area contributed by atoms with Gasteiger partial charge in [0.1, 0.15) is 0 Å². The van der Waals surface area contributed by atoms with Gasteiger partial charge in [0.05, 0.1) is 0 Å². The number of aryl methyl sites for hydroxylation is 1. The molecule has 0 saturated carbocycles. The first-order valence-corrected chi connectivity index (χ1v) is 7.71. The predicted molar refractivity (Wildman–Crippen MR) is 93.7 cm³/mol. The van der Waals surface area contributed by atoms with Crippen molar-refractivity contribution in [2.45, 2.75) is 19.5 Å². The van der Waals surface area contributed by atoms with Crippen LogP contribution < -0.4 is 5.32 Å². The normalized spacial score (nSPS) is 18.7. The molecule has 0 bridgehead atoms. The summed E-state index contributed by atoms with van der Waals surface area (Å²) < 4.78 is 0. The van der Waals surface area contributed by atoms with Crippen LogP contribution in [0.3, 0.4) is 0 Å². The Hall–Kier alpha value is -1.13. The first-order valence-electron chi connectivity index (χ1n) is 7.34. The second kappa shape index (κ2) is 7.93. The van der Waals surface area contributed by atoms with Crippen LogP contribution in [0, 0.1) is 6.92 Å². The van der Waals surface area contributed by atoms with Gasteiger partial charge in [-0.15, -0.1) is 12.4 Å². The van der Waals surface area contributed by atoms with Gasteiger partial charge in [-0.2, -0.15) is 0 Å². The number of pyridine rings is 1. The zero-order chi connectivity index (χ0) is 14.7. The summed E-state index contributed by atoms with van der Waals surface area (Å²) in [5.41, 5.74) is 3.73. The molecular weight excluding hydrogens is 317 g/mol. The van der Waals surface area contributed by atoms with Gasteiger partial charge >= 0.3 is 0 Å². The molecule has 1 N–H and O–H groups in total. The molecule has 0 radical (unpaired) electrons. The molecule has 118 valence electrons. The minimum Gasteiger partial charge on any atom is -0.314 e. The molecular formula is C17H21Cl2N3. The maximum Gasteiger partial charge on any atom is 0.0491 e. The number of piperazine rings is 1. The van der Waals surface area contributed by atoms with Crippen LogP contribution in [0.1, 0.15) is 22.7 Å². The van der Waals surface area contributed by atoms with E-state index in [0.717, 1.165) is 36.8 Å². The fourth-order valence-corrected chi connectivity index (χ4v) is 2.99. The lowest BCUT2D eigenvalue weighted by Gasteiger charge is -2.36. The Labute approximate surface area is 143 Å². The van der Waals surface area contributed by atoms with Crippen molar-refractivity contribution in [2.24, 2.45) is 0 Å². The lowest BCUT2D eigenvalue weighted by Crippen LogP contribution is -2.45. The number of hydrogen-bond acceptors (Lipinski definition) is 3. The quantitative estimate of drug-likeness (QED) is 0.927. The molecule has 1 aliphatic rings. The molecule has 22 heavy (non-hydrogen) atoms. The SMILES string of the molecule is Cc1cc(CN2CCNCC2c2cccnc2)ccc1Cl.Cl. The Morgan fingerprint density at radius 2 is 2.23 bits per heavy atom. The highest BCUT2D eigenvalue weighted by Crippen LogP contribution is 2.25. The van der Waals surface area contributed by atoms with Crippen LogP contribution in [0.15, 0.2) is 42.7 Å². The Morgan fingerprint density at radius 3 is 2.95 bits per heavy atom. The van der Waals surface area contributed by atoms with Gasteiger partial charge in [0.25, 0.3) is 0 Å². The van der Waals surface area contributed by atoms with E-state index in [4.69, 9.17) is 11.6 Å². The Bertz CT molecular complexity index is 604. The summed E-state index contributed by atoms with van der Waals surface area (Å²) in [6.45, 7) is 6.05. The lowest BCUT2D eigenvalue weighted by atomic mass is 10.0. The summed E-state index contributed by atoms with van der Waals surface area (Å²) in [5, 5.41) is 4.32. The highest BCUT2D eigenvalue weighted by atomic mass is 35.5. The van der Waals surface area contributed by atoms with E-state index in [1.807, 2.05) is 24.5 Å². The van der Waals surface area contributed by atoms with Crippen LogP contribution in [0.2, 0.25) is 5.02 Å². The minimum atomic E-state index is 0. The summed E-state index contributed by atoms with van der Waals surface area (Å²) in [6, 6.07) is 10.8. The van der Waals surface area contributed by atoms with Gasteiger partial charge < -0.3 is 5.32 Å². The van der Waals surface area contributed by atoms with Crippen molar-refractivity contribution < 1.29 is 0 Å². The summed E-state index contributed by atoms with van der Waals surface area (Å²) in [6.07, 6.45) is 3.80. The van der Waals surface area contributed by atoms with Gasteiger partial charge in [-0.3, -0.25) is 9.88 Å². The van der Waals surface area contributed by atoms with Crippen LogP contribution in [-0.2, 0) is 6.54 Å². The maximum atomic E-state index is 6.12. The monoisotopic (exact) mass is 337 g/mol. The standard InChI is InChI=1S/C17H20ClN3.ClH/c1-13-9-14(4-5-16(13)18)12-21-8-7-20-11-17(21)15-3-2-6-19-10-15;/h2-6,9-10,17,20H,7-8,11-12H2,1H3;1H. The fourth-order valence-electron chi connectivity index (χ4n) is 2.88. The van der Waals surface area contributed by atoms with E-state index < -0.39 is 0 Å². The Kier molecular flexibility index (Phi) is 6.21. The predicted octanol–water partition coefficient (Wildman–Crippen LogP) is 3.61. The zero-order valence-electron chi connectivity index (χ0n) is 12.6. The van der Waals surface area contributed by atoms with Crippen molar-refractivity contribution in [1.29, 1.82) is 0 Å². The van der Waals surface area contributed by atoms with E-state index in [-0.39, 0.29) is 12.4 Å². The number of aromatic nitrogens is 1. The number of benzene rings is 1. The molecule has 1 unspecified atom stereocenters. The molecule has 0 amide bonds. The Morgan fingerprint density at radius 1 is 1.36 bits per heavy atom. The number of rotatable bonds is 3. The first-order chi connectivity index (χ1) is 10.2. The van der Waals surface area contributed by atoms with Crippen LogP contribution in [0.4, 0.5) is 0 Å². The van der Waals surface area contributed by atoms with Crippen LogP contribution in [0.25, 0.3) is 0 Å². The molecule has 2 aromatic rings. The van der Waals surface area contributed by atoms with Crippen molar-refractivity contribution in [3.05, 3.63) is 64.4 Å². The molecule has 1 aromatic heterocycles. The summed E-state index contributed by atoms with van der Waals surface area (Å²) in [7, 11) is 0. The van der Waals surface area contributed by atoms with Gasteiger partial charge in [0.2, 0.25) is 0 Å². The third-order valence-electron chi connectivity index (χ3n) is 4.03. The van der Waals surface area contributed by atoms with Gasteiger partial charge in [-0.05, 0) is 35.7 Å². The summed E-state index contributed by atoms with van der Waals surface area (Å²) in [5.74, 6) is 0. The van der Waals surface area contributed by atoms with E-state index in [0.29, 0.717) is 6.04 Å². The topological polar surface area (TPSA) is 28.2 Å². The summed E-state index contributed by atoms with van der Waals surface area (Å²) in [4.78, 5) is 6.77. The zero-order valence-corrected chi connectivity index (χ0v) is 14.2. The van der Waals surface area contributed by atoms with Crippen molar-refractivity contribution in [2.75, 3.05) is 19.6 Å². The fraction of sp³-hybridized carbons (Fsp3) is 0.353. The Balaban J connectivity index is 0.00000176. The average molecular weight is 338 g/mol. The largest absolute Gasteiger partial charge is 0.314 e. The van der Waals surface area contributed by atoms with Crippen molar-refractivity contribution >= 4 is 24.0 Å². The second-order valence-corrected chi connectivity index (χ2v) is 5.97. The minimum absolute atomic E-state index is 0. The molecule has 5 heteroatoms. The molecule has 1 atom stereocenters. The maximum absolute atomic E-state index is 6.12. The van der Waals surface area contributed by atoms with E-state index >= 15 is 0 Å². The van der Waals surface area contributed by atoms with E-state index in [9.17, 15) is 0 Å². The molecule has 1 fully saturated rings. The van der Waals surface area contributed by atoms with E-state index in [1.165, 1.54) is 11.1 Å². The van der Waals surface area contributed by atoms with E-state index in [1.54, 1.807) is 0 Å². The molecule has 1 aliphatic heterocycles. The van der Waals surface area contributed by atoms with Gasteiger partial charge in [-0.1, -0.05) is 29.8 Å².